The van der Waals surface area contributed by atoms with Gasteiger partial charge in [0.15, 0.2) is 5.17 Å². The molecule has 0 heterocycles. The van der Waals surface area contributed by atoms with Gasteiger partial charge in [0.2, 0.25) is 0 Å². The molecule has 1 aliphatic rings. The van der Waals surface area contributed by atoms with Gasteiger partial charge >= 0.3 is 5.97 Å². The van der Waals surface area contributed by atoms with Gasteiger partial charge in [-0.15, -0.1) is 0 Å². The zero-order valence-corrected chi connectivity index (χ0v) is 6.02. The number of amidine groups is 1. The summed E-state index contributed by atoms with van der Waals surface area (Å²) >= 11 is 1.14. The lowest BCUT2D eigenvalue weighted by molar-refractivity contribution is -0.138. The van der Waals surface area contributed by atoms with Crippen LogP contribution in [-0.4, -0.2) is 21.5 Å². The fraction of sp³-hybridized carbons (Fsp3) is 0.600. The second-order valence-corrected chi connectivity index (χ2v) is 3.48. The van der Waals surface area contributed by atoms with Crippen molar-refractivity contribution in [1.29, 1.82) is 5.41 Å². The molecule has 1 rings (SSSR count). The molecule has 0 amide bonds. The molecule has 1 fully saturated rings. The minimum absolute atomic E-state index is 0.00810. The minimum Gasteiger partial charge on any atom is -0.481 e. The van der Waals surface area contributed by atoms with Gasteiger partial charge in [-0.2, -0.15) is 0 Å². The third-order valence-corrected chi connectivity index (χ3v) is 2.41. The molecule has 1 aliphatic carbocycles. The molecule has 5 heteroatoms. The zero-order chi connectivity index (χ0) is 7.72. The zero-order valence-electron chi connectivity index (χ0n) is 5.20. The summed E-state index contributed by atoms with van der Waals surface area (Å²) in [6.07, 6.45) is 0.652. The largest absolute Gasteiger partial charge is 0.481 e. The standard InChI is InChI=1S/C5H8N2O2S/c6-5(7)10-3-1-2(3)4(8)9/h2-3H,1H2,(H3,6,7)(H,8,9)/t2-,3-/m1/s1. The molecule has 1 saturated carbocycles. The van der Waals surface area contributed by atoms with Gasteiger partial charge in [0.1, 0.15) is 0 Å². The van der Waals surface area contributed by atoms with Crippen LogP contribution in [0.1, 0.15) is 6.42 Å². The highest BCUT2D eigenvalue weighted by atomic mass is 32.2. The summed E-state index contributed by atoms with van der Waals surface area (Å²) in [5.41, 5.74) is 5.05. The molecule has 4 N–H and O–H groups in total. The fourth-order valence-corrected chi connectivity index (χ4v) is 1.64. The summed E-state index contributed by atoms with van der Waals surface area (Å²) in [6.45, 7) is 0. The van der Waals surface area contributed by atoms with E-state index in [0.29, 0.717) is 6.42 Å². The number of hydrogen-bond donors (Lipinski definition) is 3. The summed E-state index contributed by atoms with van der Waals surface area (Å²) in [6, 6.07) is 0. The Morgan fingerprint density at radius 3 is 2.70 bits per heavy atom. The molecule has 0 spiro atoms. The number of carboxylic acid groups (broad SMARTS) is 1. The molecule has 0 aromatic carbocycles. The monoisotopic (exact) mass is 160 g/mol. The lowest BCUT2D eigenvalue weighted by atomic mass is 10.4. The number of carboxylic acids is 1. The highest BCUT2D eigenvalue weighted by molar-refractivity contribution is 8.14. The molecule has 0 unspecified atom stereocenters. The van der Waals surface area contributed by atoms with Crippen LogP contribution in [-0.2, 0) is 4.79 Å². The van der Waals surface area contributed by atoms with Crippen molar-refractivity contribution in [3.05, 3.63) is 0 Å². The minimum atomic E-state index is -0.779. The molecule has 0 aliphatic heterocycles. The van der Waals surface area contributed by atoms with E-state index in [-0.39, 0.29) is 16.3 Å². The fourth-order valence-electron chi connectivity index (χ4n) is 0.725. The number of nitrogens with one attached hydrogen (secondary N) is 1. The number of hydrogen-bond acceptors (Lipinski definition) is 3. The molecule has 0 aromatic heterocycles. The van der Waals surface area contributed by atoms with Gasteiger partial charge < -0.3 is 10.8 Å². The van der Waals surface area contributed by atoms with Crippen LogP contribution < -0.4 is 5.73 Å². The van der Waals surface area contributed by atoms with Crippen LogP contribution in [0.3, 0.4) is 0 Å². The molecule has 2 atom stereocenters. The van der Waals surface area contributed by atoms with Crippen molar-refractivity contribution in [2.45, 2.75) is 11.7 Å². The van der Waals surface area contributed by atoms with Gasteiger partial charge in [0.05, 0.1) is 5.92 Å². The molecule has 56 valence electrons. The molecular weight excluding hydrogens is 152 g/mol. The van der Waals surface area contributed by atoms with Crippen LogP contribution >= 0.6 is 11.8 Å². The summed E-state index contributed by atoms with van der Waals surface area (Å²) < 4.78 is 0. The van der Waals surface area contributed by atoms with Crippen molar-refractivity contribution in [2.24, 2.45) is 11.7 Å². The van der Waals surface area contributed by atoms with E-state index < -0.39 is 5.97 Å². The Hall–Kier alpha value is -0.710. The lowest BCUT2D eigenvalue weighted by Crippen LogP contribution is -2.07. The van der Waals surface area contributed by atoms with Gasteiger partial charge in [-0.25, -0.2) is 0 Å². The topological polar surface area (TPSA) is 87.2 Å². The third-order valence-electron chi connectivity index (χ3n) is 1.33. The van der Waals surface area contributed by atoms with Crippen molar-refractivity contribution in [3.8, 4) is 0 Å². The second-order valence-electron chi connectivity index (χ2n) is 2.20. The van der Waals surface area contributed by atoms with Crippen LogP contribution in [0, 0.1) is 11.3 Å². The lowest BCUT2D eigenvalue weighted by Gasteiger charge is -1.92. The summed E-state index contributed by atoms with van der Waals surface area (Å²) in [5, 5.41) is 15.3. The number of carbonyl (C=O) groups is 1. The van der Waals surface area contributed by atoms with Crippen LogP contribution in [0.2, 0.25) is 0 Å². The molecule has 0 radical (unpaired) electrons. The normalized spacial score (nSPS) is 29.6. The van der Waals surface area contributed by atoms with E-state index >= 15 is 0 Å². The first-order chi connectivity index (χ1) is 4.61. The van der Waals surface area contributed by atoms with Gasteiger partial charge in [0.25, 0.3) is 0 Å². The first-order valence-electron chi connectivity index (χ1n) is 2.84. The predicted octanol–water partition coefficient (Wildman–Crippen LogP) is 0.0862. The Balaban J connectivity index is 2.26. The average Bonchev–Trinajstić information content (AvgIpc) is 2.43. The summed E-state index contributed by atoms with van der Waals surface area (Å²) in [5.74, 6) is -1.05. The van der Waals surface area contributed by atoms with Gasteiger partial charge in [-0.1, -0.05) is 11.8 Å². The number of thioether (sulfide) groups is 1. The molecule has 0 aromatic rings. The maximum Gasteiger partial charge on any atom is 0.307 e. The maximum atomic E-state index is 10.2. The second kappa shape index (κ2) is 2.49. The smallest absolute Gasteiger partial charge is 0.307 e. The Morgan fingerprint density at radius 2 is 2.40 bits per heavy atom. The van der Waals surface area contributed by atoms with Crippen LogP contribution in [0.5, 0.6) is 0 Å². The van der Waals surface area contributed by atoms with Gasteiger partial charge in [-0.05, 0) is 6.42 Å². The number of nitrogens with two attached hydrogens (primary N) is 1. The number of aliphatic carboxylic acids is 1. The Kier molecular flexibility index (Phi) is 1.85. The quantitative estimate of drug-likeness (QED) is 0.394. The maximum absolute atomic E-state index is 10.2. The Bertz CT molecular complexity index is 182. The van der Waals surface area contributed by atoms with E-state index in [0.717, 1.165) is 11.8 Å². The van der Waals surface area contributed by atoms with Crippen molar-refractivity contribution < 1.29 is 9.90 Å². The molecular formula is C5H8N2O2S. The average molecular weight is 160 g/mol. The van der Waals surface area contributed by atoms with Crippen LogP contribution in [0.25, 0.3) is 0 Å². The first kappa shape index (κ1) is 7.40. The van der Waals surface area contributed by atoms with E-state index in [1.54, 1.807) is 0 Å². The Labute approximate surface area is 62.3 Å². The van der Waals surface area contributed by atoms with Crippen LogP contribution in [0.4, 0.5) is 0 Å². The van der Waals surface area contributed by atoms with E-state index in [2.05, 4.69) is 0 Å². The van der Waals surface area contributed by atoms with Crippen LogP contribution in [0.15, 0.2) is 0 Å². The van der Waals surface area contributed by atoms with Crippen molar-refractivity contribution in [3.63, 3.8) is 0 Å². The van der Waals surface area contributed by atoms with Crippen molar-refractivity contribution >= 4 is 22.9 Å². The number of rotatable bonds is 2. The molecule has 10 heavy (non-hydrogen) atoms. The van der Waals surface area contributed by atoms with E-state index in [1.807, 2.05) is 0 Å². The summed E-state index contributed by atoms with van der Waals surface area (Å²) in [4.78, 5) is 10.2. The van der Waals surface area contributed by atoms with E-state index in [1.165, 1.54) is 0 Å². The van der Waals surface area contributed by atoms with Crippen molar-refractivity contribution in [1.82, 2.24) is 0 Å². The molecule has 0 bridgehead atoms. The first-order valence-corrected chi connectivity index (χ1v) is 3.72. The summed E-state index contributed by atoms with van der Waals surface area (Å²) in [7, 11) is 0. The molecule has 4 nitrogen and oxygen atoms in total. The third kappa shape index (κ3) is 1.63. The van der Waals surface area contributed by atoms with Gasteiger partial charge in [-0.3, -0.25) is 10.2 Å². The Morgan fingerprint density at radius 1 is 1.80 bits per heavy atom. The van der Waals surface area contributed by atoms with Gasteiger partial charge in [0, 0.05) is 5.25 Å². The predicted molar refractivity (Wildman–Crippen MR) is 39.0 cm³/mol. The van der Waals surface area contributed by atoms with Crippen molar-refractivity contribution in [2.75, 3.05) is 0 Å². The SMILES string of the molecule is N=C(N)S[C@@H]1C[C@H]1C(=O)O. The highest BCUT2D eigenvalue weighted by Gasteiger charge is 2.44. The van der Waals surface area contributed by atoms with E-state index in [9.17, 15) is 4.79 Å². The highest BCUT2D eigenvalue weighted by Crippen LogP contribution is 2.41. The molecule has 0 saturated heterocycles. The van der Waals surface area contributed by atoms with E-state index in [4.69, 9.17) is 16.2 Å².